The van der Waals surface area contributed by atoms with Gasteiger partial charge in [-0.25, -0.2) is 0 Å². The molecule has 86 valence electrons. The van der Waals surface area contributed by atoms with E-state index in [0.717, 1.165) is 11.6 Å². The van der Waals surface area contributed by atoms with Crippen LogP contribution < -0.4 is 0 Å². The molecule has 0 unspecified atom stereocenters. The van der Waals surface area contributed by atoms with Crippen LogP contribution in [-0.4, -0.2) is 5.55 Å². The highest BCUT2D eigenvalue weighted by Gasteiger charge is 2.65. The highest BCUT2D eigenvalue weighted by atomic mass is 32.5. The Bertz CT molecular complexity index is 410. The Labute approximate surface area is 88.1 Å². The lowest BCUT2D eigenvalue weighted by atomic mass is 10.3. The van der Waals surface area contributed by atoms with Crippen molar-refractivity contribution in [1.29, 1.82) is 0 Å². The fraction of sp³-hybridized carbons (Fsp3) is 0. The molecule has 0 amide bonds. The summed E-state index contributed by atoms with van der Waals surface area (Å²) in [4.78, 5) is 1.42. The molecule has 1 nitrogen and oxygen atoms in total. The van der Waals surface area contributed by atoms with E-state index in [-0.39, 0.29) is 11.8 Å². The maximum atomic E-state index is 12.3. The standard InChI is InChI=1S/C7H6F5NS2/c8-15(9,10,11,12)7-3-1-2-6(4-7)13-5-14/h1-5H,(H,13,14). The van der Waals surface area contributed by atoms with Crippen LogP contribution in [0.1, 0.15) is 0 Å². The minimum atomic E-state index is -9.59. The van der Waals surface area contributed by atoms with Crippen molar-refractivity contribution in [3.05, 3.63) is 24.3 Å². The van der Waals surface area contributed by atoms with Gasteiger partial charge < -0.3 is 0 Å². The molecule has 15 heavy (non-hydrogen) atoms. The average Bonchev–Trinajstić information content (AvgIpc) is 2.01. The number of benzene rings is 1. The molecule has 8 heteroatoms. The molecule has 0 saturated heterocycles. The van der Waals surface area contributed by atoms with Gasteiger partial charge in [-0.2, -0.15) is 0 Å². The van der Waals surface area contributed by atoms with Gasteiger partial charge in [-0.15, -0.1) is 12.6 Å². The SMILES string of the molecule is FS(F)(F)(F)(F)c1cccc(/N=C/S)c1. The van der Waals surface area contributed by atoms with Crippen LogP contribution >= 0.6 is 22.9 Å². The largest absolute Gasteiger partial charge is 0.310 e. The van der Waals surface area contributed by atoms with Crippen molar-refractivity contribution in [2.24, 2.45) is 4.99 Å². The molecule has 1 aromatic rings. The van der Waals surface area contributed by atoms with Crippen LogP contribution in [0.25, 0.3) is 0 Å². The number of halogens is 5. The number of aliphatic imine (C=N–C) groups is 1. The van der Waals surface area contributed by atoms with Gasteiger partial charge in [0, 0.05) is 0 Å². The predicted molar refractivity (Wildman–Crippen MR) is 55.0 cm³/mol. The van der Waals surface area contributed by atoms with E-state index in [1.807, 2.05) is 0 Å². The van der Waals surface area contributed by atoms with Crippen LogP contribution in [0.2, 0.25) is 0 Å². The van der Waals surface area contributed by atoms with E-state index in [4.69, 9.17) is 0 Å². The number of nitrogens with zero attached hydrogens (tertiary/aromatic N) is 1. The van der Waals surface area contributed by atoms with Gasteiger partial charge in [0.15, 0.2) is 0 Å². The Balaban J connectivity index is 3.36. The molecule has 0 aliphatic rings. The first-order valence-electron chi connectivity index (χ1n) is 3.54. The maximum Gasteiger partial charge on any atom is 0.310 e. The summed E-state index contributed by atoms with van der Waals surface area (Å²) >= 11 is 3.53. The predicted octanol–water partition coefficient (Wildman–Crippen LogP) is 4.93. The highest BCUT2D eigenvalue weighted by Crippen LogP contribution is 3.02. The Kier molecular flexibility index (Phi) is 2.36. The first-order valence-corrected chi connectivity index (χ1v) is 6.00. The van der Waals surface area contributed by atoms with Gasteiger partial charge in [-0.05, 0) is 18.2 Å². The molecule has 0 aliphatic carbocycles. The lowest BCUT2D eigenvalue weighted by Gasteiger charge is -2.40. The van der Waals surface area contributed by atoms with Crippen molar-refractivity contribution >= 4 is 34.1 Å². The van der Waals surface area contributed by atoms with Crippen LogP contribution in [0.5, 0.6) is 0 Å². The van der Waals surface area contributed by atoms with Crippen molar-refractivity contribution in [2.75, 3.05) is 0 Å². The van der Waals surface area contributed by atoms with Gasteiger partial charge in [-0.1, -0.05) is 25.5 Å². The third-order valence-electron chi connectivity index (χ3n) is 1.47. The second-order valence-corrected chi connectivity index (χ2v) is 5.35. The fourth-order valence-electron chi connectivity index (χ4n) is 0.870. The molecule has 1 rings (SSSR count). The molecule has 0 aromatic heterocycles. The number of thiol groups is 1. The number of hydrogen-bond donors (Lipinski definition) is 1. The second kappa shape index (κ2) is 2.88. The first kappa shape index (κ1) is 12.3. The number of rotatable bonds is 2. The van der Waals surface area contributed by atoms with Gasteiger partial charge >= 0.3 is 10.2 Å². The van der Waals surface area contributed by atoms with Crippen LogP contribution in [0.15, 0.2) is 34.2 Å². The van der Waals surface area contributed by atoms with Crippen molar-refractivity contribution < 1.29 is 19.4 Å². The van der Waals surface area contributed by atoms with Crippen molar-refractivity contribution in [3.8, 4) is 0 Å². The molecule has 0 aliphatic heterocycles. The normalized spacial score (nSPS) is 17.5. The van der Waals surface area contributed by atoms with Crippen LogP contribution in [-0.2, 0) is 0 Å². The molecule has 0 bridgehead atoms. The summed E-state index contributed by atoms with van der Waals surface area (Å²) in [5.41, 5.74) is 0.695. The molecule has 0 radical (unpaired) electrons. The van der Waals surface area contributed by atoms with E-state index in [9.17, 15) is 19.4 Å². The minimum Gasteiger partial charge on any atom is -0.250 e. The van der Waals surface area contributed by atoms with E-state index in [1.165, 1.54) is 6.07 Å². The molecule has 1 aromatic carbocycles. The quantitative estimate of drug-likeness (QED) is 0.336. The van der Waals surface area contributed by atoms with E-state index in [1.54, 1.807) is 0 Å². The summed E-state index contributed by atoms with van der Waals surface area (Å²) in [6, 6.07) is 2.64. The van der Waals surface area contributed by atoms with E-state index < -0.39 is 15.1 Å². The number of hydrogen-bond acceptors (Lipinski definition) is 1. The topological polar surface area (TPSA) is 12.4 Å². The Hall–Kier alpha value is -0.760. The van der Waals surface area contributed by atoms with Crippen LogP contribution in [0.4, 0.5) is 25.1 Å². The third kappa shape index (κ3) is 3.38. The monoisotopic (exact) mass is 263 g/mol. The molecular weight excluding hydrogens is 257 g/mol. The summed E-state index contributed by atoms with van der Waals surface area (Å²) in [7, 11) is -9.59. The van der Waals surface area contributed by atoms with Gasteiger partial charge in [0.2, 0.25) is 0 Å². The summed E-state index contributed by atoms with van der Waals surface area (Å²) < 4.78 is 61.5. The van der Waals surface area contributed by atoms with Gasteiger partial charge in [0.05, 0.1) is 11.2 Å². The van der Waals surface area contributed by atoms with Crippen LogP contribution in [0, 0.1) is 0 Å². The summed E-state index contributed by atoms with van der Waals surface area (Å²) in [6.45, 7) is 0. The van der Waals surface area contributed by atoms with Gasteiger partial charge in [0.25, 0.3) is 0 Å². The average molecular weight is 263 g/mol. The molecule has 0 fully saturated rings. The zero-order valence-electron chi connectivity index (χ0n) is 7.08. The smallest absolute Gasteiger partial charge is 0.250 e. The Morgan fingerprint density at radius 2 is 1.73 bits per heavy atom. The Morgan fingerprint density at radius 3 is 2.20 bits per heavy atom. The second-order valence-electron chi connectivity index (χ2n) is 2.71. The van der Waals surface area contributed by atoms with Crippen LogP contribution in [0.3, 0.4) is 0 Å². The molecule has 0 saturated carbocycles. The Morgan fingerprint density at radius 1 is 1.13 bits per heavy atom. The van der Waals surface area contributed by atoms with Crippen molar-refractivity contribution in [2.45, 2.75) is 4.90 Å². The van der Waals surface area contributed by atoms with Crippen molar-refractivity contribution in [3.63, 3.8) is 0 Å². The summed E-state index contributed by atoms with van der Waals surface area (Å²) in [6.07, 6.45) is 0. The maximum absolute atomic E-state index is 12.3. The fourth-order valence-corrected chi connectivity index (χ4v) is 1.68. The lowest BCUT2D eigenvalue weighted by Crippen LogP contribution is -2.05. The zero-order chi connectivity index (χ0) is 11.8. The highest BCUT2D eigenvalue weighted by molar-refractivity contribution is 8.45. The summed E-state index contributed by atoms with van der Waals surface area (Å²) in [5, 5.41) is 0. The molecule has 0 atom stereocenters. The molecule has 0 heterocycles. The zero-order valence-corrected chi connectivity index (χ0v) is 8.79. The molecular formula is C7H6F5NS2. The van der Waals surface area contributed by atoms with E-state index >= 15 is 0 Å². The molecule has 0 spiro atoms. The minimum absolute atomic E-state index is 0.226. The van der Waals surface area contributed by atoms with Gasteiger partial charge in [0.1, 0.15) is 4.90 Å². The third-order valence-corrected chi connectivity index (χ3v) is 2.73. The molecule has 0 N–H and O–H groups in total. The lowest BCUT2D eigenvalue weighted by molar-refractivity contribution is 0.364. The van der Waals surface area contributed by atoms with E-state index in [2.05, 4.69) is 17.6 Å². The van der Waals surface area contributed by atoms with E-state index in [0.29, 0.717) is 6.07 Å². The summed E-state index contributed by atoms with van der Waals surface area (Å²) in [5.74, 6) is 0. The first-order chi connectivity index (χ1) is 6.53. The van der Waals surface area contributed by atoms with Crippen molar-refractivity contribution in [1.82, 2.24) is 0 Å². The van der Waals surface area contributed by atoms with Gasteiger partial charge in [-0.3, -0.25) is 4.99 Å².